The van der Waals surface area contributed by atoms with Gasteiger partial charge in [-0.25, -0.2) is 0 Å². The van der Waals surface area contributed by atoms with E-state index >= 15 is 0 Å². The molecule has 1 atom stereocenters. The topological polar surface area (TPSA) is 93.4 Å². The van der Waals surface area contributed by atoms with E-state index in [0.29, 0.717) is 11.3 Å². The number of para-hydroxylation sites is 1. The zero-order valence-electron chi connectivity index (χ0n) is 12.5. The predicted molar refractivity (Wildman–Crippen MR) is 87.3 cm³/mol. The number of nitrogens with one attached hydrogen (secondary N) is 2. The SMILES string of the molecule is COC(CN)CC(=O)Nc1ccccc1C(=O)NC1CC1.Cl. The Labute approximate surface area is 136 Å². The molecular formula is C15H22ClN3O3. The van der Waals surface area contributed by atoms with Crippen LogP contribution >= 0.6 is 12.4 Å². The third-order valence-corrected chi connectivity index (χ3v) is 3.37. The first kappa shape index (κ1) is 18.4. The van der Waals surface area contributed by atoms with Crippen molar-refractivity contribution < 1.29 is 14.3 Å². The van der Waals surface area contributed by atoms with Crippen LogP contribution in [-0.4, -0.2) is 37.6 Å². The van der Waals surface area contributed by atoms with E-state index < -0.39 is 0 Å². The van der Waals surface area contributed by atoms with Crippen LogP contribution in [0, 0.1) is 0 Å². The second-order valence-electron chi connectivity index (χ2n) is 5.14. The molecule has 1 aromatic carbocycles. The van der Waals surface area contributed by atoms with Crippen molar-refractivity contribution in [3.8, 4) is 0 Å². The van der Waals surface area contributed by atoms with Gasteiger partial charge in [-0.05, 0) is 25.0 Å². The Morgan fingerprint density at radius 1 is 1.36 bits per heavy atom. The van der Waals surface area contributed by atoms with Gasteiger partial charge >= 0.3 is 0 Å². The predicted octanol–water partition coefficient (Wildman–Crippen LogP) is 1.30. The molecule has 2 rings (SSSR count). The fourth-order valence-corrected chi connectivity index (χ4v) is 1.95. The molecular weight excluding hydrogens is 306 g/mol. The number of halogens is 1. The summed E-state index contributed by atoms with van der Waals surface area (Å²) >= 11 is 0. The first-order chi connectivity index (χ1) is 10.1. The van der Waals surface area contributed by atoms with Crippen LogP contribution in [0.15, 0.2) is 24.3 Å². The lowest BCUT2D eigenvalue weighted by Crippen LogP contribution is -2.30. The smallest absolute Gasteiger partial charge is 0.253 e. The zero-order valence-corrected chi connectivity index (χ0v) is 13.3. The zero-order chi connectivity index (χ0) is 15.2. The second-order valence-corrected chi connectivity index (χ2v) is 5.14. The number of benzene rings is 1. The number of carbonyl (C=O) groups excluding carboxylic acids is 2. The lowest BCUT2D eigenvalue weighted by molar-refractivity contribution is -0.118. The highest BCUT2D eigenvalue weighted by Gasteiger charge is 2.25. The van der Waals surface area contributed by atoms with Gasteiger partial charge in [0.05, 0.1) is 23.8 Å². The van der Waals surface area contributed by atoms with Crippen LogP contribution in [0.5, 0.6) is 0 Å². The highest BCUT2D eigenvalue weighted by molar-refractivity contribution is 6.04. The van der Waals surface area contributed by atoms with Crippen molar-refractivity contribution in [3.63, 3.8) is 0 Å². The molecule has 0 radical (unpaired) electrons. The van der Waals surface area contributed by atoms with Crippen LogP contribution in [0.25, 0.3) is 0 Å². The van der Waals surface area contributed by atoms with E-state index in [1.807, 2.05) is 0 Å². The Morgan fingerprint density at radius 2 is 2.05 bits per heavy atom. The summed E-state index contributed by atoms with van der Waals surface area (Å²) in [5.41, 5.74) is 6.47. The molecule has 1 unspecified atom stereocenters. The van der Waals surface area contributed by atoms with Gasteiger partial charge in [-0.3, -0.25) is 9.59 Å². The first-order valence-corrected chi connectivity index (χ1v) is 7.06. The lowest BCUT2D eigenvalue weighted by atomic mass is 10.1. The van der Waals surface area contributed by atoms with Crippen LogP contribution in [0.1, 0.15) is 29.6 Å². The molecule has 0 aliphatic heterocycles. The highest BCUT2D eigenvalue weighted by atomic mass is 35.5. The number of amides is 2. The average Bonchev–Trinajstić information content (AvgIpc) is 3.29. The van der Waals surface area contributed by atoms with Gasteiger partial charge in [-0.2, -0.15) is 0 Å². The minimum absolute atomic E-state index is 0. The summed E-state index contributed by atoms with van der Waals surface area (Å²) in [5.74, 6) is -0.380. The van der Waals surface area contributed by atoms with E-state index in [1.165, 1.54) is 7.11 Å². The average molecular weight is 328 g/mol. The first-order valence-electron chi connectivity index (χ1n) is 7.06. The van der Waals surface area contributed by atoms with Crippen molar-refractivity contribution in [2.75, 3.05) is 19.0 Å². The quantitative estimate of drug-likeness (QED) is 0.703. The molecule has 4 N–H and O–H groups in total. The maximum atomic E-state index is 12.1. The largest absolute Gasteiger partial charge is 0.380 e. The summed E-state index contributed by atoms with van der Waals surface area (Å²) in [6.07, 6.45) is 1.88. The summed E-state index contributed by atoms with van der Waals surface area (Å²) in [7, 11) is 1.52. The number of nitrogens with two attached hydrogens (primary N) is 1. The van der Waals surface area contributed by atoms with Crippen molar-refractivity contribution in [3.05, 3.63) is 29.8 Å². The minimum Gasteiger partial charge on any atom is -0.380 e. The summed E-state index contributed by atoms with van der Waals surface area (Å²) in [4.78, 5) is 24.1. The van der Waals surface area contributed by atoms with Crippen molar-refractivity contribution >= 4 is 29.9 Å². The van der Waals surface area contributed by atoms with Crippen LogP contribution < -0.4 is 16.4 Å². The molecule has 0 saturated heterocycles. The molecule has 1 fully saturated rings. The highest BCUT2D eigenvalue weighted by Crippen LogP contribution is 2.21. The molecule has 22 heavy (non-hydrogen) atoms. The van der Waals surface area contributed by atoms with E-state index in [-0.39, 0.29) is 49.3 Å². The Balaban J connectivity index is 0.00000242. The van der Waals surface area contributed by atoms with Crippen molar-refractivity contribution in [1.29, 1.82) is 0 Å². The van der Waals surface area contributed by atoms with Gasteiger partial charge in [-0.15, -0.1) is 12.4 Å². The van der Waals surface area contributed by atoms with Gasteiger partial charge in [0.15, 0.2) is 0 Å². The van der Waals surface area contributed by atoms with Crippen molar-refractivity contribution in [1.82, 2.24) is 5.32 Å². The molecule has 6 nitrogen and oxygen atoms in total. The van der Waals surface area contributed by atoms with Crippen LogP contribution in [0.2, 0.25) is 0 Å². The number of rotatable bonds is 7. The van der Waals surface area contributed by atoms with Gasteiger partial charge in [0.1, 0.15) is 0 Å². The number of methoxy groups -OCH3 is 1. The molecule has 0 aromatic heterocycles. The summed E-state index contributed by atoms with van der Waals surface area (Å²) < 4.78 is 5.08. The van der Waals surface area contributed by atoms with E-state index in [0.717, 1.165) is 12.8 Å². The Kier molecular flexibility index (Phi) is 7.31. The Hall–Kier alpha value is -1.63. The molecule has 1 aliphatic rings. The number of carbonyl (C=O) groups is 2. The standard InChI is InChI=1S/C15H21N3O3.ClH/c1-21-11(9-16)8-14(19)18-13-5-3-2-4-12(13)15(20)17-10-6-7-10;/h2-5,10-11H,6-9,16H2,1H3,(H,17,20)(H,18,19);1H. The van der Waals surface area contributed by atoms with Crippen molar-refractivity contribution in [2.45, 2.75) is 31.4 Å². The molecule has 0 bridgehead atoms. The van der Waals surface area contributed by atoms with E-state index in [2.05, 4.69) is 10.6 Å². The Bertz CT molecular complexity index is 517. The van der Waals surface area contributed by atoms with Crippen LogP contribution in [0.3, 0.4) is 0 Å². The third kappa shape index (κ3) is 5.29. The molecule has 2 amide bonds. The molecule has 7 heteroatoms. The van der Waals surface area contributed by atoms with E-state index in [4.69, 9.17) is 10.5 Å². The van der Waals surface area contributed by atoms with Gasteiger partial charge in [-0.1, -0.05) is 12.1 Å². The van der Waals surface area contributed by atoms with Crippen molar-refractivity contribution in [2.24, 2.45) is 5.73 Å². The van der Waals surface area contributed by atoms with E-state index in [9.17, 15) is 9.59 Å². The number of ether oxygens (including phenoxy) is 1. The fourth-order valence-electron chi connectivity index (χ4n) is 1.95. The molecule has 1 saturated carbocycles. The molecule has 122 valence electrons. The van der Waals surface area contributed by atoms with Gasteiger partial charge in [0.25, 0.3) is 5.91 Å². The number of hydrogen-bond donors (Lipinski definition) is 3. The third-order valence-electron chi connectivity index (χ3n) is 3.37. The summed E-state index contributed by atoms with van der Waals surface area (Å²) in [6, 6.07) is 7.24. The molecule has 0 heterocycles. The van der Waals surface area contributed by atoms with Gasteiger partial charge < -0.3 is 21.1 Å². The fraction of sp³-hybridized carbons (Fsp3) is 0.467. The van der Waals surface area contributed by atoms with Gasteiger partial charge in [0.2, 0.25) is 5.91 Å². The number of anilines is 1. The molecule has 1 aromatic rings. The maximum absolute atomic E-state index is 12.1. The molecule has 1 aliphatic carbocycles. The van der Waals surface area contributed by atoms with Crippen LogP contribution in [-0.2, 0) is 9.53 Å². The second kappa shape index (κ2) is 8.73. The molecule has 0 spiro atoms. The van der Waals surface area contributed by atoms with Crippen LogP contribution in [0.4, 0.5) is 5.69 Å². The number of hydrogen-bond acceptors (Lipinski definition) is 4. The normalized spacial score (nSPS) is 14.6. The monoisotopic (exact) mass is 327 g/mol. The lowest BCUT2D eigenvalue weighted by Gasteiger charge is -2.14. The van der Waals surface area contributed by atoms with Gasteiger partial charge in [0, 0.05) is 19.7 Å². The summed E-state index contributed by atoms with van der Waals surface area (Å²) in [5, 5.41) is 5.66. The maximum Gasteiger partial charge on any atom is 0.253 e. The van der Waals surface area contributed by atoms with E-state index in [1.54, 1.807) is 24.3 Å². The Morgan fingerprint density at radius 3 is 2.64 bits per heavy atom. The summed E-state index contributed by atoms with van der Waals surface area (Å²) in [6.45, 7) is 0.272. The minimum atomic E-state index is -0.322.